The number of carbonyl (C=O) groups is 1. The molecular formula is C23H26FN3O. The third kappa shape index (κ3) is 3.34. The van der Waals surface area contributed by atoms with Crippen molar-refractivity contribution in [2.24, 2.45) is 11.8 Å². The van der Waals surface area contributed by atoms with Gasteiger partial charge in [-0.2, -0.15) is 0 Å². The Hall–Kier alpha value is -2.56. The van der Waals surface area contributed by atoms with E-state index < -0.39 is 0 Å². The fraction of sp³-hybridized carbons (Fsp3) is 0.435. The second-order valence-corrected chi connectivity index (χ2v) is 8.31. The maximum absolute atomic E-state index is 13.3. The highest BCUT2D eigenvalue weighted by Gasteiger charge is 2.41. The standard InChI is InChI=1S/C23H26FN3O/c24-18-7-9-19(10-8-18)26-11-12-27-21-4-2-1-3-17(21)13-20(22(27)15-26)23(28)25-14-16-5-6-16/h1-4,7-10,16,20,22H,5-6,11-15H2,(H,25,28)/t20-,22+/m1/s1. The van der Waals surface area contributed by atoms with Crippen LogP contribution in [-0.4, -0.2) is 38.1 Å². The summed E-state index contributed by atoms with van der Waals surface area (Å²) in [6.45, 7) is 3.32. The summed E-state index contributed by atoms with van der Waals surface area (Å²) in [7, 11) is 0. The number of fused-ring (bicyclic) bond motifs is 3. The van der Waals surface area contributed by atoms with Crippen molar-refractivity contribution in [1.29, 1.82) is 0 Å². The van der Waals surface area contributed by atoms with E-state index in [0.29, 0.717) is 5.92 Å². The van der Waals surface area contributed by atoms with Gasteiger partial charge in [-0.25, -0.2) is 4.39 Å². The van der Waals surface area contributed by atoms with Gasteiger partial charge in [-0.1, -0.05) is 18.2 Å². The smallest absolute Gasteiger partial charge is 0.225 e. The van der Waals surface area contributed by atoms with Gasteiger partial charge in [0.1, 0.15) is 5.82 Å². The molecule has 0 unspecified atom stereocenters. The maximum Gasteiger partial charge on any atom is 0.225 e. The molecule has 0 radical (unpaired) electrons. The van der Waals surface area contributed by atoms with Crippen molar-refractivity contribution in [3.63, 3.8) is 0 Å². The molecule has 0 spiro atoms. The molecule has 1 N–H and O–H groups in total. The molecule has 28 heavy (non-hydrogen) atoms. The van der Waals surface area contributed by atoms with Gasteiger partial charge in [0.05, 0.1) is 12.0 Å². The van der Waals surface area contributed by atoms with Crippen LogP contribution in [0.15, 0.2) is 48.5 Å². The fourth-order valence-corrected chi connectivity index (χ4v) is 4.64. The molecule has 146 valence electrons. The summed E-state index contributed by atoms with van der Waals surface area (Å²) in [5.74, 6) is 0.582. The summed E-state index contributed by atoms with van der Waals surface area (Å²) < 4.78 is 13.3. The van der Waals surface area contributed by atoms with E-state index in [-0.39, 0.29) is 23.7 Å². The minimum atomic E-state index is -0.216. The summed E-state index contributed by atoms with van der Waals surface area (Å²) in [5, 5.41) is 3.21. The van der Waals surface area contributed by atoms with Gasteiger partial charge in [0, 0.05) is 37.6 Å². The molecule has 2 atom stereocenters. The third-order valence-electron chi connectivity index (χ3n) is 6.41. The highest BCUT2D eigenvalue weighted by Crippen LogP contribution is 2.37. The quantitative estimate of drug-likeness (QED) is 0.886. The molecule has 0 aromatic heterocycles. The number of hydrogen-bond acceptors (Lipinski definition) is 3. The molecule has 2 heterocycles. The molecule has 4 nitrogen and oxygen atoms in total. The number of carbonyl (C=O) groups excluding carboxylic acids is 1. The second-order valence-electron chi connectivity index (χ2n) is 8.31. The number of benzene rings is 2. The average molecular weight is 379 g/mol. The summed E-state index contributed by atoms with van der Waals surface area (Å²) in [4.78, 5) is 17.8. The predicted molar refractivity (Wildman–Crippen MR) is 109 cm³/mol. The first kappa shape index (κ1) is 17.5. The van der Waals surface area contributed by atoms with E-state index >= 15 is 0 Å². The molecule has 2 aromatic carbocycles. The lowest BCUT2D eigenvalue weighted by Gasteiger charge is -2.49. The first-order valence-corrected chi connectivity index (χ1v) is 10.3. The van der Waals surface area contributed by atoms with Crippen LogP contribution in [0.4, 0.5) is 15.8 Å². The van der Waals surface area contributed by atoms with E-state index in [2.05, 4.69) is 39.4 Å². The van der Waals surface area contributed by atoms with Crippen LogP contribution in [0.2, 0.25) is 0 Å². The Morgan fingerprint density at radius 2 is 1.86 bits per heavy atom. The van der Waals surface area contributed by atoms with Gasteiger partial charge < -0.3 is 15.1 Å². The molecule has 1 saturated heterocycles. The number of piperazine rings is 1. The normalized spacial score (nSPS) is 23.8. The topological polar surface area (TPSA) is 35.6 Å². The zero-order chi connectivity index (χ0) is 19.1. The molecule has 2 fully saturated rings. The number of hydrogen-bond donors (Lipinski definition) is 1. The van der Waals surface area contributed by atoms with Gasteiger partial charge in [0.25, 0.3) is 0 Å². The van der Waals surface area contributed by atoms with E-state index in [0.717, 1.165) is 38.3 Å². The molecular weight excluding hydrogens is 353 g/mol. The van der Waals surface area contributed by atoms with Crippen molar-refractivity contribution in [2.45, 2.75) is 25.3 Å². The Balaban J connectivity index is 1.41. The minimum absolute atomic E-state index is 0.0584. The Morgan fingerprint density at radius 1 is 1.07 bits per heavy atom. The molecule has 0 bridgehead atoms. The van der Waals surface area contributed by atoms with Crippen molar-refractivity contribution in [2.75, 3.05) is 36.0 Å². The largest absolute Gasteiger partial charge is 0.368 e. The first-order valence-electron chi connectivity index (χ1n) is 10.3. The van der Waals surface area contributed by atoms with E-state index in [1.807, 2.05) is 12.1 Å². The van der Waals surface area contributed by atoms with Crippen molar-refractivity contribution >= 4 is 17.3 Å². The molecule has 1 aliphatic carbocycles. The number of nitrogens with one attached hydrogen (secondary N) is 1. The lowest BCUT2D eigenvalue weighted by atomic mass is 9.83. The fourth-order valence-electron chi connectivity index (χ4n) is 4.64. The van der Waals surface area contributed by atoms with Crippen LogP contribution in [0, 0.1) is 17.7 Å². The Morgan fingerprint density at radius 3 is 2.64 bits per heavy atom. The van der Waals surface area contributed by atoms with Crippen LogP contribution in [0.1, 0.15) is 18.4 Å². The number of para-hydroxylation sites is 1. The second kappa shape index (κ2) is 7.12. The molecule has 2 aliphatic heterocycles. The number of nitrogens with zero attached hydrogens (tertiary/aromatic N) is 2. The summed E-state index contributed by atoms with van der Waals surface area (Å²) >= 11 is 0. The van der Waals surface area contributed by atoms with Crippen molar-refractivity contribution in [3.05, 3.63) is 59.9 Å². The van der Waals surface area contributed by atoms with Crippen molar-refractivity contribution in [1.82, 2.24) is 5.32 Å². The van der Waals surface area contributed by atoms with Crippen molar-refractivity contribution in [3.8, 4) is 0 Å². The average Bonchev–Trinajstić information content (AvgIpc) is 3.56. The minimum Gasteiger partial charge on any atom is -0.368 e. The number of anilines is 2. The van der Waals surface area contributed by atoms with E-state index in [1.165, 1.54) is 36.2 Å². The van der Waals surface area contributed by atoms with Gasteiger partial charge in [-0.3, -0.25) is 4.79 Å². The van der Waals surface area contributed by atoms with E-state index in [4.69, 9.17) is 0 Å². The summed E-state index contributed by atoms with van der Waals surface area (Å²) in [5.41, 5.74) is 3.55. The highest BCUT2D eigenvalue weighted by atomic mass is 19.1. The van der Waals surface area contributed by atoms with E-state index in [1.54, 1.807) is 0 Å². The van der Waals surface area contributed by atoms with Crippen molar-refractivity contribution < 1.29 is 9.18 Å². The van der Waals surface area contributed by atoms with Crippen LogP contribution in [-0.2, 0) is 11.2 Å². The van der Waals surface area contributed by atoms with Crippen LogP contribution in [0.25, 0.3) is 0 Å². The SMILES string of the molecule is O=C(NCC1CC1)[C@@H]1Cc2ccccc2N2CCN(c3ccc(F)cc3)C[C@@H]12. The number of rotatable bonds is 4. The molecule has 5 rings (SSSR count). The van der Waals surface area contributed by atoms with Gasteiger partial charge in [0.15, 0.2) is 0 Å². The highest BCUT2D eigenvalue weighted by molar-refractivity contribution is 5.82. The third-order valence-corrected chi connectivity index (χ3v) is 6.41. The molecule has 2 aromatic rings. The zero-order valence-electron chi connectivity index (χ0n) is 16.0. The predicted octanol–water partition coefficient (Wildman–Crippen LogP) is 3.22. The summed E-state index contributed by atoms with van der Waals surface area (Å²) in [6, 6.07) is 15.3. The van der Waals surface area contributed by atoms with Crippen LogP contribution in [0.5, 0.6) is 0 Å². The van der Waals surface area contributed by atoms with Crippen LogP contribution < -0.4 is 15.1 Å². The Bertz CT molecular complexity index is 864. The lowest BCUT2D eigenvalue weighted by Crippen LogP contribution is -2.61. The molecule has 5 heteroatoms. The van der Waals surface area contributed by atoms with E-state index in [9.17, 15) is 9.18 Å². The maximum atomic E-state index is 13.3. The number of amides is 1. The van der Waals surface area contributed by atoms with Gasteiger partial charge in [-0.15, -0.1) is 0 Å². The van der Waals surface area contributed by atoms with Gasteiger partial charge in [0.2, 0.25) is 5.91 Å². The zero-order valence-corrected chi connectivity index (χ0v) is 16.0. The van der Waals surface area contributed by atoms with Gasteiger partial charge >= 0.3 is 0 Å². The summed E-state index contributed by atoms with van der Waals surface area (Å²) in [6.07, 6.45) is 3.26. The molecule has 1 saturated carbocycles. The Labute approximate surface area is 165 Å². The monoisotopic (exact) mass is 379 g/mol. The van der Waals surface area contributed by atoms with Crippen LogP contribution in [0.3, 0.4) is 0 Å². The van der Waals surface area contributed by atoms with Gasteiger partial charge in [-0.05, 0) is 61.1 Å². The Kier molecular flexibility index (Phi) is 4.46. The lowest BCUT2D eigenvalue weighted by molar-refractivity contribution is -0.125. The first-order chi connectivity index (χ1) is 13.7. The van der Waals surface area contributed by atoms with Crippen LogP contribution >= 0.6 is 0 Å². The number of halogens is 1. The molecule has 1 amide bonds. The molecule has 3 aliphatic rings.